The summed E-state index contributed by atoms with van der Waals surface area (Å²) < 4.78 is 21.2. The molecule has 1 radical (unpaired) electrons. The van der Waals surface area contributed by atoms with Crippen LogP contribution in [0.2, 0.25) is 17.3 Å². The Labute approximate surface area is 315 Å². The van der Waals surface area contributed by atoms with E-state index in [9.17, 15) is 4.39 Å². The monoisotopic (exact) mass is 907 g/mol. The number of rotatable bonds is 6. The summed E-state index contributed by atoms with van der Waals surface area (Å²) in [5.41, 5.74) is 9.69. The van der Waals surface area contributed by atoms with Gasteiger partial charge in [-0.05, 0) is 52.2 Å². The molecule has 0 aliphatic rings. The van der Waals surface area contributed by atoms with Crippen LogP contribution in [0.25, 0.3) is 55.6 Å². The first-order valence-corrected chi connectivity index (χ1v) is 24.2. The van der Waals surface area contributed by atoms with Crippen molar-refractivity contribution in [2.45, 2.75) is 30.1 Å². The van der Waals surface area contributed by atoms with Gasteiger partial charge < -0.3 is 9.40 Å². The minimum Gasteiger partial charge on any atom is 0 e. The normalized spacial score (nSPS) is 11.8. The third-order valence-electron chi connectivity index (χ3n) is 9.06. The molecule has 8 rings (SSSR count). The standard InChI is InChI=1S/C31H21FNO.C14H16GeN.Ir/c1-20(21-6-3-2-4-7-21)23-16-17-33-29(18-23)28-9-5-8-27-26-15-12-24(19-30(26)34-31(27)28)22-10-13-25(32)14-11-22;1-15(2,3)13-9-10-14(16-11-13)12-7-5-4-6-8-12;/h2-8,10-20H,1H3;4-7,9-11H,1-3H3;/q2*-1;. The number of hydrogen-bond donors (Lipinski definition) is 0. The van der Waals surface area contributed by atoms with Gasteiger partial charge >= 0.3 is 99.8 Å². The minimum atomic E-state index is -1.72. The zero-order valence-corrected chi connectivity index (χ0v) is 33.4. The van der Waals surface area contributed by atoms with Crippen molar-refractivity contribution in [3.05, 3.63) is 175 Å². The third-order valence-corrected chi connectivity index (χ3v) is 13.3. The van der Waals surface area contributed by atoms with Crippen molar-refractivity contribution >= 4 is 39.6 Å². The molecule has 0 aliphatic heterocycles. The number of pyridine rings is 2. The molecule has 0 N–H and O–H groups in total. The Balaban J connectivity index is 0.000000222. The number of furan rings is 1. The molecule has 1 unspecified atom stereocenters. The summed E-state index contributed by atoms with van der Waals surface area (Å²) in [6, 6.07) is 50.1. The van der Waals surface area contributed by atoms with E-state index in [1.54, 1.807) is 12.1 Å². The van der Waals surface area contributed by atoms with Crippen LogP contribution in [0.3, 0.4) is 0 Å². The zero-order valence-electron chi connectivity index (χ0n) is 28.9. The van der Waals surface area contributed by atoms with Crippen molar-refractivity contribution in [1.29, 1.82) is 0 Å². The van der Waals surface area contributed by atoms with E-state index >= 15 is 0 Å². The SMILES string of the molecule is CC(c1ccccc1)c1ccnc(-c2[c-]ccc3c2oc2cc(-c4ccc(F)cc4)ccc23)c1.[CH3][Ge]([CH3])([CH3])[c]1ccc(-c2[c-]cccc2)nc1.[Ir]. The summed E-state index contributed by atoms with van der Waals surface area (Å²) in [6.07, 6.45) is 3.89. The molecule has 0 spiro atoms. The van der Waals surface area contributed by atoms with Gasteiger partial charge in [-0.2, -0.15) is 0 Å². The van der Waals surface area contributed by atoms with E-state index in [2.05, 4.69) is 101 Å². The van der Waals surface area contributed by atoms with E-state index in [-0.39, 0.29) is 31.8 Å². The number of fused-ring (bicyclic) bond motifs is 3. The van der Waals surface area contributed by atoms with Gasteiger partial charge in [-0.25, -0.2) is 4.39 Å². The molecule has 255 valence electrons. The van der Waals surface area contributed by atoms with Gasteiger partial charge in [0.25, 0.3) is 0 Å². The van der Waals surface area contributed by atoms with Crippen molar-refractivity contribution in [3.8, 4) is 33.6 Å². The second-order valence-electron chi connectivity index (χ2n) is 13.5. The van der Waals surface area contributed by atoms with Gasteiger partial charge in [0.2, 0.25) is 0 Å². The molecule has 5 aromatic carbocycles. The molecular formula is C45H37FGeIrN2O-2. The fourth-order valence-corrected chi connectivity index (χ4v) is 8.26. The molecule has 0 bridgehead atoms. The van der Waals surface area contributed by atoms with Crippen molar-refractivity contribution in [3.63, 3.8) is 0 Å². The fourth-order valence-electron chi connectivity index (χ4n) is 6.09. The van der Waals surface area contributed by atoms with Gasteiger partial charge in [-0.3, -0.25) is 0 Å². The smallest absolute Gasteiger partial charge is 0 e. The van der Waals surface area contributed by atoms with Crippen molar-refractivity contribution in [2.24, 2.45) is 0 Å². The molecule has 0 fully saturated rings. The molecular weight excluding hydrogens is 868 g/mol. The van der Waals surface area contributed by atoms with Crippen LogP contribution in [0.15, 0.2) is 150 Å². The second kappa shape index (κ2) is 15.7. The molecule has 0 amide bonds. The predicted octanol–water partition coefficient (Wildman–Crippen LogP) is 11.5. The number of benzene rings is 5. The number of halogens is 1. The molecule has 0 aliphatic carbocycles. The van der Waals surface area contributed by atoms with Gasteiger partial charge in [0.15, 0.2) is 0 Å². The van der Waals surface area contributed by atoms with Crippen LogP contribution in [0.5, 0.6) is 0 Å². The zero-order chi connectivity index (χ0) is 34.7. The first-order valence-electron chi connectivity index (χ1n) is 16.8. The van der Waals surface area contributed by atoms with E-state index in [1.807, 2.05) is 67.0 Å². The molecule has 3 nitrogen and oxygen atoms in total. The topological polar surface area (TPSA) is 38.9 Å². The van der Waals surface area contributed by atoms with Gasteiger partial charge in [-0.1, -0.05) is 78.5 Å². The van der Waals surface area contributed by atoms with Crippen LogP contribution >= 0.6 is 0 Å². The first kappa shape index (κ1) is 36.1. The Morgan fingerprint density at radius 3 is 2.14 bits per heavy atom. The Bertz CT molecular complexity index is 2370. The Kier molecular flexibility index (Phi) is 11.1. The predicted molar refractivity (Wildman–Crippen MR) is 207 cm³/mol. The van der Waals surface area contributed by atoms with Gasteiger partial charge in [-0.15, -0.1) is 18.2 Å². The maximum Gasteiger partial charge on any atom is 0 e. The van der Waals surface area contributed by atoms with Crippen LogP contribution in [0.1, 0.15) is 24.0 Å². The number of aromatic nitrogens is 2. The maximum atomic E-state index is 13.3. The summed E-state index contributed by atoms with van der Waals surface area (Å²) in [4.78, 5) is 9.18. The van der Waals surface area contributed by atoms with E-state index in [0.717, 1.165) is 55.6 Å². The summed E-state index contributed by atoms with van der Waals surface area (Å²) in [5, 5.41) is 2.06. The van der Waals surface area contributed by atoms with Crippen LogP contribution in [0.4, 0.5) is 4.39 Å². The van der Waals surface area contributed by atoms with Crippen molar-refractivity contribution < 1.29 is 28.9 Å². The Morgan fingerprint density at radius 1 is 0.667 bits per heavy atom. The molecule has 3 heterocycles. The fraction of sp³-hybridized carbons (Fsp3) is 0.111. The van der Waals surface area contributed by atoms with E-state index in [4.69, 9.17) is 4.42 Å². The summed E-state index contributed by atoms with van der Waals surface area (Å²) in [6.45, 7) is 2.21. The van der Waals surface area contributed by atoms with Gasteiger partial charge in [0.05, 0.1) is 5.58 Å². The summed E-state index contributed by atoms with van der Waals surface area (Å²) >= 11 is -1.72. The van der Waals surface area contributed by atoms with Crippen LogP contribution in [0, 0.1) is 17.9 Å². The quantitative estimate of drug-likeness (QED) is 0.123. The van der Waals surface area contributed by atoms with Crippen LogP contribution in [-0.2, 0) is 20.1 Å². The van der Waals surface area contributed by atoms with Gasteiger partial charge in [0.1, 0.15) is 11.4 Å². The van der Waals surface area contributed by atoms with E-state index in [1.165, 1.54) is 27.7 Å². The average Bonchev–Trinajstić information content (AvgIpc) is 3.54. The maximum absolute atomic E-state index is 13.3. The molecule has 8 aromatic rings. The van der Waals surface area contributed by atoms with Crippen LogP contribution in [-0.4, -0.2) is 23.2 Å². The summed E-state index contributed by atoms with van der Waals surface area (Å²) in [7, 11) is 0. The molecule has 0 saturated heterocycles. The van der Waals surface area contributed by atoms with E-state index in [0.29, 0.717) is 0 Å². The number of nitrogens with zero attached hydrogens (tertiary/aromatic N) is 2. The first-order chi connectivity index (χ1) is 24.2. The minimum absolute atomic E-state index is 0. The van der Waals surface area contributed by atoms with Crippen LogP contribution < -0.4 is 4.40 Å². The molecule has 6 heteroatoms. The summed E-state index contributed by atoms with van der Waals surface area (Å²) in [5.74, 6) is 7.14. The Morgan fingerprint density at radius 2 is 1.43 bits per heavy atom. The van der Waals surface area contributed by atoms with Gasteiger partial charge in [0, 0.05) is 37.6 Å². The second-order valence-corrected chi connectivity index (χ2v) is 24.1. The molecule has 1 atom stereocenters. The number of hydrogen-bond acceptors (Lipinski definition) is 3. The molecule has 3 aromatic heterocycles. The average molecular weight is 906 g/mol. The molecule has 0 saturated carbocycles. The van der Waals surface area contributed by atoms with Crippen molar-refractivity contribution in [1.82, 2.24) is 9.97 Å². The van der Waals surface area contributed by atoms with Crippen molar-refractivity contribution in [2.75, 3.05) is 0 Å². The third kappa shape index (κ3) is 8.12. The largest absolute Gasteiger partial charge is 0 e. The Hall–Kier alpha value is -4.68. The molecule has 51 heavy (non-hydrogen) atoms. The van der Waals surface area contributed by atoms with E-state index < -0.39 is 13.3 Å².